The molecule has 0 saturated heterocycles. The molecule has 0 radical (unpaired) electrons. The van der Waals surface area contributed by atoms with E-state index in [9.17, 15) is 10.5 Å². The van der Waals surface area contributed by atoms with Crippen LogP contribution in [0.3, 0.4) is 0 Å². The van der Waals surface area contributed by atoms with Gasteiger partial charge in [0.05, 0.1) is 11.3 Å². The van der Waals surface area contributed by atoms with Gasteiger partial charge in [-0.1, -0.05) is 36.4 Å². The lowest BCUT2D eigenvalue weighted by Gasteiger charge is -2.11. The molecule has 2 aromatic heterocycles. The van der Waals surface area contributed by atoms with E-state index in [-0.39, 0.29) is 16.9 Å². The summed E-state index contributed by atoms with van der Waals surface area (Å²) in [6, 6.07) is 17.3. The van der Waals surface area contributed by atoms with Crippen LogP contribution in [-0.2, 0) is 0 Å². The van der Waals surface area contributed by atoms with E-state index in [2.05, 4.69) is 11.1 Å². The van der Waals surface area contributed by atoms with E-state index in [0.717, 1.165) is 11.1 Å². The molecule has 0 amide bonds. The van der Waals surface area contributed by atoms with E-state index in [1.54, 1.807) is 10.8 Å². The van der Waals surface area contributed by atoms with Crippen LogP contribution in [-0.4, -0.2) is 9.55 Å². The minimum atomic E-state index is 0.175. The Morgan fingerprint density at radius 3 is 2.26 bits per heavy atom. The topological polar surface area (TPSA) is 91.4 Å². The zero-order valence-electron chi connectivity index (χ0n) is 12.5. The van der Waals surface area contributed by atoms with E-state index in [0.29, 0.717) is 11.5 Å². The van der Waals surface area contributed by atoms with Gasteiger partial charge in [-0.3, -0.25) is 4.57 Å². The molecule has 0 aliphatic rings. The van der Waals surface area contributed by atoms with Crippen molar-refractivity contribution >= 4 is 5.82 Å². The molecular formula is C18H13N5. The number of nitrogens with zero attached hydrogens (tertiary/aromatic N) is 4. The molecule has 3 rings (SSSR count). The van der Waals surface area contributed by atoms with E-state index in [4.69, 9.17) is 5.73 Å². The van der Waals surface area contributed by atoms with Crippen LogP contribution in [0.4, 0.5) is 5.82 Å². The average molecular weight is 299 g/mol. The van der Waals surface area contributed by atoms with Crippen LogP contribution in [0, 0.1) is 29.6 Å². The van der Waals surface area contributed by atoms with E-state index < -0.39 is 0 Å². The lowest BCUT2D eigenvalue weighted by atomic mass is 10.1. The molecular weight excluding hydrogens is 286 g/mol. The Bertz CT molecular complexity index is 938. The van der Waals surface area contributed by atoms with Crippen molar-refractivity contribution in [1.82, 2.24) is 9.55 Å². The molecule has 3 aromatic rings. The van der Waals surface area contributed by atoms with Gasteiger partial charge < -0.3 is 5.73 Å². The van der Waals surface area contributed by atoms with Crippen LogP contribution >= 0.6 is 0 Å². The van der Waals surface area contributed by atoms with Crippen LogP contribution < -0.4 is 5.73 Å². The number of rotatable bonds is 2. The highest BCUT2D eigenvalue weighted by Crippen LogP contribution is 2.34. The van der Waals surface area contributed by atoms with Crippen LogP contribution in [0.15, 0.2) is 48.7 Å². The molecule has 5 nitrogen and oxygen atoms in total. The van der Waals surface area contributed by atoms with E-state index >= 15 is 0 Å². The Morgan fingerprint density at radius 1 is 1.00 bits per heavy atom. The smallest absolute Gasteiger partial charge is 0.138 e. The number of aromatic nitrogens is 2. The van der Waals surface area contributed by atoms with Gasteiger partial charge in [-0.25, -0.2) is 4.98 Å². The molecule has 0 unspecified atom stereocenters. The number of benzene rings is 1. The number of pyridine rings is 1. The molecule has 0 bridgehead atoms. The van der Waals surface area contributed by atoms with Crippen molar-refractivity contribution in [3.05, 3.63) is 65.4 Å². The number of nitrogens with two attached hydrogens (primary N) is 1. The molecule has 0 fully saturated rings. The van der Waals surface area contributed by atoms with Gasteiger partial charge >= 0.3 is 0 Å². The van der Waals surface area contributed by atoms with Crippen molar-refractivity contribution in [3.63, 3.8) is 0 Å². The first-order valence-electron chi connectivity index (χ1n) is 7.00. The minimum absolute atomic E-state index is 0.175. The molecule has 1 aromatic carbocycles. The first-order valence-corrected chi connectivity index (χ1v) is 7.00. The Balaban J connectivity index is 2.40. The molecule has 5 heteroatoms. The largest absolute Gasteiger partial charge is 0.384 e. The van der Waals surface area contributed by atoms with Gasteiger partial charge in [0.25, 0.3) is 0 Å². The molecule has 0 saturated carbocycles. The number of nitrogen functional groups attached to an aromatic ring is 1. The predicted molar refractivity (Wildman–Crippen MR) is 87.6 cm³/mol. The maximum Gasteiger partial charge on any atom is 0.138 e. The fraction of sp³-hybridized carbons (Fsp3) is 0.0556. The fourth-order valence-electron chi connectivity index (χ4n) is 2.51. The molecule has 110 valence electrons. The highest BCUT2D eigenvalue weighted by atomic mass is 15.1. The Labute approximate surface area is 133 Å². The van der Waals surface area contributed by atoms with Crippen LogP contribution in [0.5, 0.6) is 0 Å². The first-order chi connectivity index (χ1) is 11.2. The third-order valence-corrected chi connectivity index (χ3v) is 3.60. The van der Waals surface area contributed by atoms with Gasteiger partial charge in [0, 0.05) is 11.8 Å². The quantitative estimate of drug-likeness (QED) is 0.786. The van der Waals surface area contributed by atoms with Crippen molar-refractivity contribution < 1.29 is 0 Å². The maximum atomic E-state index is 9.53. The Hall–Kier alpha value is -3.57. The van der Waals surface area contributed by atoms with E-state index in [1.807, 2.05) is 55.5 Å². The SMILES string of the molecule is Cc1ccc(-n2c(N)c(C#N)c(C#N)c2-c2ccccc2)nc1. The average Bonchev–Trinajstić information content (AvgIpc) is 2.88. The lowest BCUT2D eigenvalue weighted by molar-refractivity contribution is 1.02. The summed E-state index contributed by atoms with van der Waals surface area (Å²) in [4.78, 5) is 4.38. The number of nitriles is 2. The maximum absolute atomic E-state index is 9.53. The summed E-state index contributed by atoms with van der Waals surface area (Å²) in [6.45, 7) is 1.94. The molecule has 0 aliphatic heterocycles. The molecule has 0 aliphatic carbocycles. The summed E-state index contributed by atoms with van der Waals surface area (Å²) >= 11 is 0. The van der Waals surface area contributed by atoms with Crippen molar-refractivity contribution in [2.75, 3.05) is 5.73 Å². The van der Waals surface area contributed by atoms with Gasteiger partial charge in [0.1, 0.15) is 29.3 Å². The van der Waals surface area contributed by atoms with Gasteiger partial charge in [-0.15, -0.1) is 0 Å². The Kier molecular flexibility index (Phi) is 3.54. The van der Waals surface area contributed by atoms with E-state index in [1.165, 1.54) is 0 Å². The first kappa shape index (κ1) is 14.4. The van der Waals surface area contributed by atoms with Crippen molar-refractivity contribution in [3.8, 4) is 29.2 Å². The zero-order valence-corrected chi connectivity index (χ0v) is 12.5. The second-order valence-corrected chi connectivity index (χ2v) is 5.10. The standard InChI is InChI=1S/C18H13N5/c1-12-7-8-16(22-11-12)23-17(13-5-3-2-4-6-13)14(9-19)15(10-20)18(23)21/h2-8,11H,21H2,1H3. The number of aryl methyl sites for hydroxylation is 1. The number of hydrogen-bond donors (Lipinski definition) is 1. The monoisotopic (exact) mass is 299 g/mol. The van der Waals surface area contributed by atoms with Crippen molar-refractivity contribution in [2.45, 2.75) is 6.92 Å². The fourth-order valence-corrected chi connectivity index (χ4v) is 2.51. The van der Waals surface area contributed by atoms with Gasteiger partial charge in [0.2, 0.25) is 0 Å². The second-order valence-electron chi connectivity index (χ2n) is 5.10. The summed E-state index contributed by atoms with van der Waals surface area (Å²) in [7, 11) is 0. The summed E-state index contributed by atoms with van der Waals surface area (Å²) in [5.41, 5.74) is 8.99. The number of hydrogen-bond acceptors (Lipinski definition) is 4. The highest BCUT2D eigenvalue weighted by molar-refractivity contribution is 5.79. The molecule has 0 spiro atoms. The van der Waals surface area contributed by atoms with Crippen molar-refractivity contribution in [2.24, 2.45) is 0 Å². The van der Waals surface area contributed by atoms with Crippen LogP contribution in [0.25, 0.3) is 17.1 Å². The molecule has 23 heavy (non-hydrogen) atoms. The van der Waals surface area contributed by atoms with Crippen LogP contribution in [0.2, 0.25) is 0 Å². The summed E-state index contributed by atoms with van der Waals surface area (Å²) in [6.07, 6.45) is 1.72. The van der Waals surface area contributed by atoms with Gasteiger partial charge in [-0.05, 0) is 18.6 Å². The normalized spacial score (nSPS) is 10.0. The second kappa shape index (κ2) is 5.67. The lowest BCUT2D eigenvalue weighted by Crippen LogP contribution is -2.04. The molecule has 2 N–H and O–H groups in total. The van der Waals surface area contributed by atoms with Gasteiger partial charge in [0.15, 0.2) is 0 Å². The number of anilines is 1. The minimum Gasteiger partial charge on any atom is -0.384 e. The van der Waals surface area contributed by atoms with Crippen molar-refractivity contribution in [1.29, 1.82) is 10.5 Å². The van der Waals surface area contributed by atoms with Gasteiger partial charge in [-0.2, -0.15) is 10.5 Å². The summed E-state index contributed by atoms with van der Waals surface area (Å²) in [5.74, 6) is 0.796. The molecule has 0 atom stereocenters. The molecule has 2 heterocycles. The third-order valence-electron chi connectivity index (χ3n) is 3.60. The predicted octanol–water partition coefficient (Wildman–Crippen LogP) is 3.17. The highest BCUT2D eigenvalue weighted by Gasteiger charge is 2.23. The third kappa shape index (κ3) is 2.31. The summed E-state index contributed by atoms with van der Waals surface area (Å²) < 4.78 is 1.66. The Morgan fingerprint density at radius 2 is 1.70 bits per heavy atom. The summed E-state index contributed by atoms with van der Waals surface area (Å²) in [5, 5.41) is 18.9. The zero-order chi connectivity index (χ0) is 16.4. The van der Waals surface area contributed by atoms with Crippen LogP contribution in [0.1, 0.15) is 16.7 Å².